The maximum Gasteiger partial charge on any atom is 0.252 e. The zero-order valence-electron chi connectivity index (χ0n) is 11.8. The van der Waals surface area contributed by atoms with Gasteiger partial charge >= 0.3 is 0 Å². The second kappa shape index (κ2) is 7.07. The van der Waals surface area contributed by atoms with Gasteiger partial charge in [-0.3, -0.25) is 4.79 Å². The first-order valence-corrected chi connectivity index (χ1v) is 7.21. The summed E-state index contributed by atoms with van der Waals surface area (Å²) in [5.74, 6) is 0.0756. The first kappa shape index (κ1) is 15.3. The van der Waals surface area contributed by atoms with Gasteiger partial charge in [-0.15, -0.1) is 0 Å². The van der Waals surface area contributed by atoms with Gasteiger partial charge in [0, 0.05) is 5.02 Å². The van der Waals surface area contributed by atoms with Gasteiger partial charge in [0.2, 0.25) is 0 Å². The van der Waals surface area contributed by atoms with Crippen LogP contribution >= 0.6 is 11.6 Å². The molecule has 0 aliphatic carbocycles. The first-order valence-electron chi connectivity index (χ1n) is 6.83. The van der Waals surface area contributed by atoms with E-state index < -0.39 is 6.10 Å². The smallest absolute Gasteiger partial charge is 0.252 e. The highest BCUT2D eigenvalue weighted by Gasteiger charge is 2.27. The first-order chi connectivity index (χ1) is 9.59. The molecule has 4 nitrogen and oxygen atoms in total. The minimum Gasteiger partial charge on any atom is -0.376 e. The zero-order valence-corrected chi connectivity index (χ0v) is 12.5. The number of rotatable bonds is 4. The van der Waals surface area contributed by atoms with E-state index in [1.54, 1.807) is 0 Å². The van der Waals surface area contributed by atoms with Crippen molar-refractivity contribution >= 4 is 17.5 Å². The summed E-state index contributed by atoms with van der Waals surface area (Å²) in [5, 5.41) is 3.67. The van der Waals surface area contributed by atoms with Gasteiger partial charge in [-0.05, 0) is 17.5 Å². The molecular weight excluding hydrogens is 278 g/mol. The van der Waals surface area contributed by atoms with E-state index in [4.69, 9.17) is 21.1 Å². The number of nitrogens with one attached hydrogen (secondary N) is 1. The number of hydrogen-bond donors (Lipinski definition) is 1. The van der Waals surface area contributed by atoms with E-state index in [0.29, 0.717) is 24.8 Å². The molecule has 0 saturated carbocycles. The lowest BCUT2D eigenvalue weighted by Crippen LogP contribution is -2.45. The van der Waals surface area contributed by atoms with E-state index in [1.807, 2.05) is 38.1 Å². The Morgan fingerprint density at radius 1 is 1.35 bits per heavy atom. The number of halogens is 1. The molecule has 2 atom stereocenters. The van der Waals surface area contributed by atoms with E-state index >= 15 is 0 Å². The van der Waals surface area contributed by atoms with Crippen LogP contribution in [0.4, 0.5) is 0 Å². The van der Waals surface area contributed by atoms with E-state index in [0.717, 1.165) is 5.56 Å². The fourth-order valence-corrected chi connectivity index (χ4v) is 2.47. The van der Waals surface area contributed by atoms with Crippen LogP contribution in [0.15, 0.2) is 24.3 Å². The summed E-state index contributed by atoms with van der Waals surface area (Å²) in [4.78, 5) is 12.2. The summed E-state index contributed by atoms with van der Waals surface area (Å²) < 4.78 is 10.7. The van der Waals surface area contributed by atoms with Crippen molar-refractivity contribution in [1.29, 1.82) is 0 Å². The molecule has 110 valence electrons. The minimum atomic E-state index is -0.535. The molecule has 0 radical (unpaired) electrons. The fraction of sp³-hybridized carbons (Fsp3) is 0.533. The standard InChI is InChI=1S/C15H20ClNO3/c1-10(2)14(11-5-3-4-6-12(11)16)17-15(18)13-9-19-7-8-20-13/h3-6,10,13-14H,7-9H2,1-2H3,(H,17,18)/t13-,14-/m1/s1. The quantitative estimate of drug-likeness (QED) is 0.929. The monoisotopic (exact) mass is 297 g/mol. The molecule has 20 heavy (non-hydrogen) atoms. The SMILES string of the molecule is CC(C)[C@@H](NC(=O)[C@H]1COCCO1)c1ccccc1Cl. The predicted octanol–water partition coefficient (Wildman–Crippen LogP) is 2.57. The van der Waals surface area contributed by atoms with Crippen molar-refractivity contribution < 1.29 is 14.3 Å². The number of benzene rings is 1. The van der Waals surface area contributed by atoms with Crippen LogP contribution < -0.4 is 5.32 Å². The Balaban J connectivity index is 2.10. The lowest BCUT2D eigenvalue weighted by molar-refractivity contribution is -0.148. The molecule has 1 heterocycles. The fourth-order valence-electron chi connectivity index (χ4n) is 2.22. The van der Waals surface area contributed by atoms with Crippen LogP contribution in [-0.2, 0) is 14.3 Å². The van der Waals surface area contributed by atoms with Gasteiger partial charge in [-0.1, -0.05) is 43.6 Å². The van der Waals surface area contributed by atoms with Gasteiger partial charge in [-0.25, -0.2) is 0 Å². The van der Waals surface area contributed by atoms with Crippen molar-refractivity contribution in [3.63, 3.8) is 0 Å². The molecule has 0 unspecified atom stereocenters. The molecule has 1 saturated heterocycles. The highest BCUT2D eigenvalue weighted by molar-refractivity contribution is 6.31. The summed E-state index contributed by atoms with van der Waals surface area (Å²) in [5.41, 5.74) is 0.925. The number of amides is 1. The van der Waals surface area contributed by atoms with E-state index in [-0.39, 0.29) is 17.9 Å². The number of hydrogen-bond acceptors (Lipinski definition) is 3. The van der Waals surface area contributed by atoms with E-state index in [2.05, 4.69) is 5.32 Å². The zero-order chi connectivity index (χ0) is 14.5. The van der Waals surface area contributed by atoms with Crippen LogP contribution in [0.25, 0.3) is 0 Å². The Morgan fingerprint density at radius 3 is 2.70 bits per heavy atom. The molecule has 2 rings (SSSR count). The molecule has 0 aromatic heterocycles. The number of ether oxygens (including phenoxy) is 2. The molecule has 0 spiro atoms. The van der Waals surface area contributed by atoms with E-state index in [1.165, 1.54) is 0 Å². The maximum absolute atomic E-state index is 12.2. The van der Waals surface area contributed by atoms with Crippen LogP contribution in [0.3, 0.4) is 0 Å². The Morgan fingerprint density at radius 2 is 2.10 bits per heavy atom. The Bertz CT molecular complexity index is 458. The van der Waals surface area contributed by atoms with Crippen LogP contribution in [-0.4, -0.2) is 31.8 Å². The molecule has 1 aromatic rings. The number of carbonyl (C=O) groups excluding carboxylic acids is 1. The molecular formula is C15H20ClNO3. The molecule has 1 amide bonds. The Labute approximate surface area is 124 Å². The van der Waals surface area contributed by atoms with Crippen molar-refractivity contribution in [2.24, 2.45) is 5.92 Å². The highest BCUT2D eigenvalue weighted by atomic mass is 35.5. The van der Waals surface area contributed by atoms with Crippen LogP contribution in [0, 0.1) is 5.92 Å². The van der Waals surface area contributed by atoms with Gasteiger partial charge in [0.25, 0.3) is 5.91 Å². The lowest BCUT2D eigenvalue weighted by Gasteiger charge is -2.28. The van der Waals surface area contributed by atoms with Gasteiger partial charge in [0.1, 0.15) is 0 Å². The van der Waals surface area contributed by atoms with Crippen molar-refractivity contribution in [2.45, 2.75) is 26.0 Å². The second-order valence-electron chi connectivity index (χ2n) is 5.19. The minimum absolute atomic E-state index is 0.137. The number of carbonyl (C=O) groups is 1. The molecule has 1 aliphatic rings. The Kier molecular flexibility index (Phi) is 5.40. The topological polar surface area (TPSA) is 47.6 Å². The summed E-state index contributed by atoms with van der Waals surface area (Å²) in [7, 11) is 0. The second-order valence-corrected chi connectivity index (χ2v) is 5.59. The van der Waals surface area contributed by atoms with Crippen LogP contribution in [0.5, 0.6) is 0 Å². The van der Waals surface area contributed by atoms with Crippen molar-refractivity contribution in [3.05, 3.63) is 34.9 Å². The van der Waals surface area contributed by atoms with E-state index in [9.17, 15) is 4.79 Å². The summed E-state index contributed by atoms with van der Waals surface area (Å²) in [6.07, 6.45) is -0.535. The van der Waals surface area contributed by atoms with Gasteiger partial charge in [0.15, 0.2) is 6.10 Å². The molecule has 1 N–H and O–H groups in total. The molecule has 1 aliphatic heterocycles. The third-order valence-electron chi connectivity index (χ3n) is 3.31. The maximum atomic E-state index is 12.2. The molecule has 1 aromatic carbocycles. The van der Waals surface area contributed by atoms with Crippen molar-refractivity contribution in [3.8, 4) is 0 Å². The summed E-state index contributed by atoms with van der Waals surface area (Å²) in [6, 6.07) is 7.43. The average molecular weight is 298 g/mol. The van der Waals surface area contributed by atoms with Crippen molar-refractivity contribution in [1.82, 2.24) is 5.32 Å². The van der Waals surface area contributed by atoms with Gasteiger partial charge in [0.05, 0.1) is 25.9 Å². The summed E-state index contributed by atoms with van der Waals surface area (Å²) >= 11 is 6.23. The lowest BCUT2D eigenvalue weighted by atomic mass is 9.95. The average Bonchev–Trinajstić information content (AvgIpc) is 2.46. The highest BCUT2D eigenvalue weighted by Crippen LogP contribution is 2.28. The van der Waals surface area contributed by atoms with Crippen LogP contribution in [0.1, 0.15) is 25.5 Å². The Hall–Kier alpha value is -1.10. The summed E-state index contributed by atoms with van der Waals surface area (Å²) in [6.45, 7) is 5.40. The molecule has 5 heteroatoms. The normalized spacial score (nSPS) is 20.7. The third kappa shape index (κ3) is 3.72. The predicted molar refractivity (Wildman–Crippen MR) is 77.7 cm³/mol. The molecule has 0 bridgehead atoms. The van der Waals surface area contributed by atoms with Gasteiger partial charge in [-0.2, -0.15) is 0 Å². The van der Waals surface area contributed by atoms with Crippen molar-refractivity contribution in [2.75, 3.05) is 19.8 Å². The third-order valence-corrected chi connectivity index (χ3v) is 3.66. The molecule has 1 fully saturated rings. The van der Waals surface area contributed by atoms with Gasteiger partial charge < -0.3 is 14.8 Å². The largest absolute Gasteiger partial charge is 0.376 e. The van der Waals surface area contributed by atoms with Crippen LogP contribution in [0.2, 0.25) is 5.02 Å².